The first kappa shape index (κ1) is 11.8. The van der Waals surface area contributed by atoms with Crippen molar-refractivity contribution in [3.63, 3.8) is 0 Å². The number of amidine groups is 1. The molecule has 0 aromatic heterocycles. The fourth-order valence-electron chi connectivity index (χ4n) is 1.85. The maximum Gasteiger partial charge on any atom is 0.282 e. The predicted octanol–water partition coefficient (Wildman–Crippen LogP) is 1.95. The molecule has 0 fully saturated rings. The Labute approximate surface area is 101 Å². The summed E-state index contributed by atoms with van der Waals surface area (Å²) in [5.74, 6) is 0.898. The molecule has 0 radical (unpaired) electrons. The molecule has 2 atom stereocenters. The highest BCUT2D eigenvalue weighted by Crippen LogP contribution is 2.18. The molecule has 1 unspecified atom stereocenters. The number of aliphatic imine (C=N–C) groups is 1. The minimum Gasteiger partial charge on any atom is -0.490 e. The van der Waals surface area contributed by atoms with Gasteiger partial charge in [-0.2, -0.15) is 0 Å². The van der Waals surface area contributed by atoms with Gasteiger partial charge in [-0.15, -0.1) is 0 Å². The lowest BCUT2D eigenvalue weighted by Gasteiger charge is -2.19. The zero-order valence-electron chi connectivity index (χ0n) is 10.0. The van der Waals surface area contributed by atoms with E-state index in [-0.39, 0.29) is 12.1 Å². The van der Waals surface area contributed by atoms with Crippen LogP contribution in [0.15, 0.2) is 35.3 Å². The maximum absolute atomic E-state index is 5.90. The van der Waals surface area contributed by atoms with Gasteiger partial charge in [0.2, 0.25) is 0 Å². The van der Waals surface area contributed by atoms with E-state index in [0.717, 1.165) is 18.6 Å². The van der Waals surface area contributed by atoms with Gasteiger partial charge in [0.1, 0.15) is 18.5 Å². The Bertz CT molecular complexity index is 378. The monoisotopic (exact) mass is 234 g/mol. The number of hydrogen-bond donors (Lipinski definition) is 1. The summed E-state index contributed by atoms with van der Waals surface area (Å²) in [5.41, 5.74) is 5.48. The lowest BCUT2D eigenvalue weighted by atomic mass is 10.1. The third-order valence-electron chi connectivity index (χ3n) is 2.77. The number of nitrogens with zero attached hydrogens (tertiary/aromatic N) is 1. The highest BCUT2D eigenvalue weighted by Gasteiger charge is 2.21. The van der Waals surface area contributed by atoms with Crippen molar-refractivity contribution in [1.29, 1.82) is 0 Å². The van der Waals surface area contributed by atoms with Gasteiger partial charge >= 0.3 is 0 Å². The Hall–Kier alpha value is -1.71. The van der Waals surface area contributed by atoms with Gasteiger partial charge in [-0.1, -0.05) is 25.1 Å². The van der Waals surface area contributed by atoms with Gasteiger partial charge in [0.25, 0.3) is 6.02 Å². The van der Waals surface area contributed by atoms with E-state index in [1.54, 1.807) is 0 Å². The van der Waals surface area contributed by atoms with E-state index in [0.29, 0.717) is 12.6 Å². The summed E-state index contributed by atoms with van der Waals surface area (Å²) >= 11 is 0. The number of ether oxygens (including phenoxy) is 2. The summed E-state index contributed by atoms with van der Waals surface area (Å²) in [4.78, 5) is 4.21. The minimum absolute atomic E-state index is 0.128. The Morgan fingerprint density at radius 2 is 2.24 bits per heavy atom. The van der Waals surface area contributed by atoms with Crippen LogP contribution in [0.2, 0.25) is 0 Å². The molecule has 92 valence electrons. The van der Waals surface area contributed by atoms with Crippen molar-refractivity contribution in [1.82, 2.24) is 0 Å². The van der Waals surface area contributed by atoms with E-state index in [1.807, 2.05) is 30.3 Å². The Kier molecular flexibility index (Phi) is 3.85. The van der Waals surface area contributed by atoms with Crippen molar-refractivity contribution in [2.75, 3.05) is 6.61 Å². The molecule has 0 saturated heterocycles. The fourth-order valence-corrected chi connectivity index (χ4v) is 1.85. The Morgan fingerprint density at radius 3 is 2.82 bits per heavy atom. The number of rotatable bonds is 5. The Morgan fingerprint density at radius 1 is 1.47 bits per heavy atom. The molecule has 0 spiro atoms. The number of benzene rings is 1. The first-order valence-corrected chi connectivity index (χ1v) is 5.95. The van der Waals surface area contributed by atoms with Crippen LogP contribution in [0.3, 0.4) is 0 Å². The van der Waals surface area contributed by atoms with Gasteiger partial charge in [-0.25, -0.2) is 4.99 Å². The van der Waals surface area contributed by atoms with Crippen molar-refractivity contribution >= 4 is 6.02 Å². The van der Waals surface area contributed by atoms with E-state index < -0.39 is 0 Å². The second kappa shape index (κ2) is 5.57. The SMILES string of the molecule is CCC(C[C@H]1COC(N)=N1)Oc1ccccc1. The molecule has 1 aromatic rings. The molecule has 0 aliphatic carbocycles. The maximum atomic E-state index is 5.90. The summed E-state index contributed by atoms with van der Waals surface area (Å²) < 4.78 is 11.0. The van der Waals surface area contributed by atoms with E-state index in [4.69, 9.17) is 15.2 Å². The zero-order valence-corrected chi connectivity index (χ0v) is 10.0. The molecule has 1 aliphatic heterocycles. The van der Waals surface area contributed by atoms with Crippen LogP contribution >= 0.6 is 0 Å². The number of nitrogens with two attached hydrogens (primary N) is 1. The fraction of sp³-hybridized carbons (Fsp3) is 0.462. The lowest BCUT2D eigenvalue weighted by molar-refractivity contribution is 0.168. The first-order valence-electron chi connectivity index (χ1n) is 5.95. The molecule has 1 heterocycles. The van der Waals surface area contributed by atoms with E-state index in [1.165, 1.54) is 0 Å². The standard InChI is InChI=1S/C13H18N2O2/c1-2-11(8-10-9-16-13(14)15-10)17-12-6-4-3-5-7-12/h3-7,10-11H,2,8-9H2,1H3,(H2,14,15)/t10-,11?/m0/s1. The summed E-state index contributed by atoms with van der Waals surface area (Å²) in [5, 5.41) is 0. The van der Waals surface area contributed by atoms with Crippen molar-refractivity contribution in [2.24, 2.45) is 10.7 Å². The highest BCUT2D eigenvalue weighted by atomic mass is 16.5. The smallest absolute Gasteiger partial charge is 0.282 e. The highest BCUT2D eigenvalue weighted by molar-refractivity contribution is 5.73. The largest absolute Gasteiger partial charge is 0.490 e. The molecular weight excluding hydrogens is 216 g/mol. The van der Waals surface area contributed by atoms with E-state index >= 15 is 0 Å². The molecular formula is C13H18N2O2. The average Bonchev–Trinajstić information content (AvgIpc) is 2.75. The van der Waals surface area contributed by atoms with Crippen molar-refractivity contribution in [3.8, 4) is 5.75 Å². The molecule has 0 bridgehead atoms. The molecule has 2 rings (SSSR count). The van der Waals surface area contributed by atoms with Gasteiger partial charge in [0, 0.05) is 6.42 Å². The van der Waals surface area contributed by atoms with Crippen LogP contribution in [-0.4, -0.2) is 24.8 Å². The molecule has 2 N–H and O–H groups in total. The van der Waals surface area contributed by atoms with Crippen LogP contribution in [0.5, 0.6) is 5.75 Å². The molecule has 4 heteroatoms. The van der Waals surface area contributed by atoms with E-state index in [2.05, 4.69) is 11.9 Å². The second-order valence-electron chi connectivity index (χ2n) is 4.13. The van der Waals surface area contributed by atoms with Crippen LogP contribution in [0.1, 0.15) is 19.8 Å². The summed E-state index contributed by atoms with van der Waals surface area (Å²) in [7, 11) is 0. The zero-order chi connectivity index (χ0) is 12.1. The van der Waals surface area contributed by atoms with Crippen LogP contribution in [0.4, 0.5) is 0 Å². The van der Waals surface area contributed by atoms with Crippen molar-refractivity contribution < 1.29 is 9.47 Å². The topological polar surface area (TPSA) is 56.8 Å². The minimum atomic E-state index is 0.128. The summed E-state index contributed by atoms with van der Waals surface area (Å²) in [6.07, 6.45) is 1.94. The first-order chi connectivity index (χ1) is 8.28. The van der Waals surface area contributed by atoms with Crippen LogP contribution in [0, 0.1) is 0 Å². The molecule has 1 aliphatic rings. The lowest BCUT2D eigenvalue weighted by Crippen LogP contribution is -2.22. The molecule has 0 saturated carbocycles. The third kappa shape index (κ3) is 3.37. The normalized spacial score (nSPS) is 20.5. The molecule has 17 heavy (non-hydrogen) atoms. The van der Waals surface area contributed by atoms with Crippen LogP contribution in [0.25, 0.3) is 0 Å². The van der Waals surface area contributed by atoms with Crippen LogP contribution in [-0.2, 0) is 4.74 Å². The third-order valence-corrected chi connectivity index (χ3v) is 2.77. The van der Waals surface area contributed by atoms with Gasteiger partial charge in [-0.05, 0) is 18.6 Å². The molecule has 1 aromatic carbocycles. The van der Waals surface area contributed by atoms with Gasteiger partial charge in [0.15, 0.2) is 0 Å². The predicted molar refractivity (Wildman–Crippen MR) is 67.1 cm³/mol. The van der Waals surface area contributed by atoms with Crippen LogP contribution < -0.4 is 10.5 Å². The summed E-state index contributed by atoms with van der Waals surface area (Å²) in [6.45, 7) is 2.68. The van der Waals surface area contributed by atoms with Gasteiger partial charge in [0.05, 0.1) is 6.04 Å². The number of hydrogen-bond acceptors (Lipinski definition) is 4. The van der Waals surface area contributed by atoms with Crippen molar-refractivity contribution in [3.05, 3.63) is 30.3 Å². The molecule has 4 nitrogen and oxygen atoms in total. The van der Waals surface area contributed by atoms with Gasteiger partial charge < -0.3 is 15.2 Å². The average molecular weight is 234 g/mol. The van der Waals surface area contributed by atoms with E-state index in [9.17, 15) is 0 Å². The van der Waals surface area contributed by atoms with Crippen molar-refractivity contribution in [2.45, 2.75) is 31.9 Å². The Balaban J connectivity index is 1.89. The number of para-hydroxylation sites is 1. The second-order valence-corrected chi connectivity index (χ2v) is 4.13. The van der Waals surface area contributed by atoms with Gasteiger partial charge in [-0.3, -0.25) is 0 Å². The summed E-state index contributed by atoms with van der Waals surface area (Å²) in [6, 6.07) is 10.3. The molecule has 0 amide bonds. The quantitative estimate of drug-likeness (QED) is 0.847.